The summed E-state index contributed by atoms with van der Waals surface area (Å²) < 4.78 is 116. The number of carbonyl (C=O) groups is 1. The molecule has 2 unspecified atom stereocenters. The van der Waals surface area contributed by atoms with Crippen molar-refractivity contribution in [3.05, 3.63) is 0 Å². The van der Waals surface area contributed by atoms with Crippen LogP contribution in [-0.2, 0) is 18.9 Å². The lowest BCUT2D eigenvalue weighted by Crippen LogP contribution is -2.50. The van der Waals surface area contributed by atoms with Gasteiger partial charge in [0.2, 0.25) is 0 Å². The van der Waals surface area contributed by atoms with Crippen molar-refractivity contribution in [2.24, 2.45) is 0 Å². The van der Waals surface area contributed by atoms with Gasteiger partial charge in [0, 0.05) is 0 Å². The third-order valence-electron chi connectivity index (χ3n) is 2.48. The molecule has 0 aliphatic carbocycles. The van der Waals surface area contributed by atoms with E-state index in [9.17, 15) is 39.9 Å². The molecule has 1 aliphatic heterocycles. The first-order valence-corrected chi connectivity index (χ1v) is 5.84. The fourth-order valence-electron chi connectivity index (χ4n) is 1.25. The molecule has 5 nitrogen and oxygen atoms in total. The highest BCUT2D eigenvalue weighted by Crippen LogP contribution is 2.37. The van der Waals surface area contributed by atoms with E-state index in [1.807, 2.05) is 0 Å². The zero-order valence-electron chi connectivity index (χ0n) is 11.0. The van der Waals surface area contributed by atoms with Crippen molar-refractivity contribution in [1.82, 2.24) is 0 Å². The third kappa shape index (κ3) is 5.34. The van der Waals surface area contributed by atoms with E-state index in [1.54, 1.807) is 0 Å². The predicted molar refractivity (Wildman–Crippen MR) is 53.8 cm³/mol. The number of ether oxygens (including phenoxy) is 4. The quantitative estimate of drug-likeness (QED) is 0.491. The summed E-state index contributed by atoms with van der Waals surface area (Å²) in [5.41, 5.74) is 0. The van der Waals surface area contributed by atoms with E-state index < -0.39 is 56.5 Å². The second-order valence-electron chi connectivity index (χ2n) is 4.39. The number of alkyl halides is 8. The minimum absolute atomic E-state index is 0.367. The molecule has 0 aromatic heterocycles. The van der Waals surface area contributed by atoms with Gasteiger partial charge < -0.3 is 18.9 Å². The highest BCUT2D eigenvalue weighted by Gasteiger charge is 2.60. The molecule has 0 radical (unpaired) electrons. The van der Waals surface area contributed by atoms with Gasteiger partial charge in [0.25, 0.3) is 0 Å². The highest BCUT2D eigenvalue weighted by atomic mass is 19.4. The molecule has 1 rings (SSSR count). The fraction of sp³-hybridized carbons (Fsp3) is 0.900. The Morgan fingerprint density at radius 1 is 1.13 bits per heavy atom. The predicted octanol–water partition coefficient (Wildman–Crippen LogP) is 2.68. The average Bonchev–Trinajstić information content (AvgIpc) is 2.81. The highest BCUT2D eigenvalue weighted by molar-refractivity contribution is 5.61. The van der Waals surface area contributed by atoms with Crippen molar-refractivity contribution in [2.75, 3.05) is 26.4 Å². The second kappa shape index (κ2) is 7.03. The van der Waals surface area contributed by atoms with Gasteiger partial charge in [-0.1, -0.05) is 0 Å². The molecule has 0 N–H and O–H groups in total. The van der Waals surface area contributed by atoms with E-state index in [2.05, 4.69) is 18.9 Å². The van der Waals surface area contributed by atoms with E-state index in [1.165, 1.54) is 0 Å². The monoisotopic (exact) mass is 362 g/mol. The van der Waals surface area contributed by atoms with Crippen LogP contribution in [0.15, 0.2) is 0 Å². The first-order chi connectivity index (χ1) is 10.4. The molecule has 2 atom stereocenters. The lowest BCUT2D eigenvalue weighted by molar-refractivity contribution is -0.360. The summed E-state index contributed by atoms with van der Waals surface area (Å²) in [4.78, 5) is 10.5. The maximum atomic E-state index is 13.7. The van der Waals surface area contributed by atoms with Gasteiger partial charge in [-0.15, -0.1) is 0 Å². The van der Waals surface area contributed by atoms with Crippen LogP contribution in [0.1, 0.15) is 0 Å². The van der Waals surface area contributed by atoms with Crippen LogP contribution in [0.5, 0.6) is 0 Å². The van der Waals surface area contributed by atoms with Gasteiger partial charge in [-0.05, 0) is 0 Å². The summed E-state index contributed by atoms with van der Waals surface area (Å²) >= 11 is 0. The topological polar surface area (TPSA) is 54.0 Å². The van der Waals surface area contributed by atoms with Crippen LogP contribution in [0.3, 0.4) is 0 Å². The van der Waals surface area contributed by atoms with E-state index in [0.29, 0.717) is 0 Å². The molecule has 0 bridgehead atoms. The van der Waals surface area contributed by atoms with Crippen LogP contribution in [-0.4, -0.2) is 63.1 Å². The average molecular weight is 362 g/mol. The molecule has 0 amide bonds. The summed E-state index contributed by atoms with van der Waals surface area (Å²) in [6.45, 7) is -5.55. The molecule has 0 aromatic carbocycles. The van der Waals surface area contributed by atoms with Crippen LogP contribution in [0.4, 0.5) is 39.9 Å². The lowest BCUT2D eigenvalue weighted by Gasteiger charge is -2.29. The Morgan fingerprint density at radius 3 is 2.17 bits per heavy atom. The third-order valence-corrected chi connectivity index (χ3v) is 2.48. The van der Waals surface area contributed by atoms with Gasteiger partial charge >= 0.3 is 30.5 Å². The molecule has 136 valence electrons. The number of hydrogen-bond acceptors (Lipinski definition) is 5. The van der Waals surface area contributed by atoms with Gasteiger partial charge in [0.15, 0.2) is 6.10 Å². The van der Waals surface area contributed by atoms with E-state index >= 15 is 0 Å². The Morgan fingerprint density at radius 2 is 1.74 bits per heavy atom. The smallest absolute Gasteiger partial charge is 0.430 e. The zero-order valence-corrected chi connectivity index (χ0v) is 11.0. The standard InChI is InChI=1S/C10H10F8O5/c11-6(12)8(13,14)3-22-9(15,10(16,17)18)4-20-1-5-2-21-7(19)23-5/h5-6H,1-4H2. The zero-order chi connectivity index (χ0) is 17.9. The normalized spacial score (nSPS) is 22.0. The number of halogens is 8. The van der Waals surface area contributed by atoms with Crippen molar-refractivity contribution in [3.8, 4) is 0 Å². The number of carbonyl (C=O) groups excluding carboxylic acids is 1. The first-order valence-electron chi connectivity index (χ1n) is 5.84. The summed E-state index contributed by atoms with van der Waals surface area (Å²) in [5, 5.41) is 0. The van der Waals surface area contributed by atoms with Gasteiger partial charge in [-0.2, -0.15) is 26.3 Å². The lowest BCUT2D eigenvalue weighted by atomic mass is 10.3. The summed E-state index contributed by atoms with van der Waals surface area (Å²) in [5.74, 6) is -9.72. The van der Waals surface area contributed by atoms with Crippen LogP contribution in [0, 0.1) is 0 Å². The van der Waals surface area contributed by atoms with Crippen molar-refractivity contribution in [1.29, 1.82) is 0 Å². The molecule has 0 saturated carbocycles. The maximum Gasteiger partial charge on any atom is 0.508 e. The summed E-state index contributed by atoms with van der Waals surface area (Å²) in [6.07, 6.45) is -12.4. The Labute approximate surface area is 123 Å². The van der Waals surface area contributed by atoms with E-state index in [0.717, 1.165) is 0 Å². The molecular weight excluding hydrogens is 352 g/mol. The molecule has 1 fully saturated rings. The van der Waals surface area contributed by atoms with Crippen LogP contribution < -0.4 is 0 Å². The minimum Gasteiger partial charge on any atom is -0.430 e. The number of rotatable bonds is 8. The summed E-state index contributed by atoms with van der Waals surface area (Å²) in [6, 6.07) is 0. The van der Waals surface area contributed by atoms with Crippen LogP contribution in [0.2, 0.25) is 0 Å². The van der Waals surface area contributed by atoms with Crippen LogP contribution in [0.25, 0.3) is 0 Å². The van der Waals surface area contributed by atoms with Crippen molar-refractivity contribution in [2.45, 2.75) is 30.5 Å². The molecule has 0 spiro atoms. The second-order valence-corrected chi connectivity index (χ2v) is 4.39. The number of hydrogen-bond donors (Lipinski definition) is 0. The molecule has 13 heteroatoms. The van der Waals surface area contributed by atoms with Crippen LogP contribution >= 0.6 is 0 Å². The molecule has 23 heavy (non-hydrogen) atoms. The van der Waals surface area contributed by atoms with Gasteiger partial charge in [-0.25, -0.2) is 13.6 Å². The van der Waals surface area contributed by atoms with Gasteiger partial charge in [-0.3, -0.25) is 0 Å². The van der Waals surface area contributed by atoms with E-state index in [4.69, 9.17) is 0 Å². The SMILES string of the molecule is O=C1OCC(COCC(F)(OCC(F)(F)C(F)F)C(F)(F)F)O1. The van der Waals surface area contributed by atoms with Crippen molar-refractivity contribution < 1.29 is 58.9 Å². The first kappa shape index (κ1) is 19.7. The molecule has 1 aliphatic rings. The van der Waals surface area contributed by atoms with Gasteiger partial charge in [0.05, 0.1) is 6.61 Å². The van der Waals surface area contributed by atoms with Crippen molar-refractivity contribution in [3.63, 3.8) is 0 Å². The fourth-order valence-corrected chi connectivity index (χ4v) is 1.25. The molecule has 0 aromatic rings. The number of cyclic esters (lactones) is 2. The molecule has 1 heterocycles. The van der Waals surface area contributed by atoms with Gasteiger partial charge in [0.1, 0.15) is 19.8 Å². The van der Waals surface area contributed by atoms with E-state index in [-0.39, 0.29) is 6.61 Å². The molecule has 1 saturated heterocycles. The Bertz CT molecular complexity index is 415. The Balaban J connectivity index is 2.58. The molecular formula is C10H10F8O5. The largest absolute Gasteiger partial charge is 0.508 e. The Kier molecular flexibility index (Phi) is 6.01. The Hall–Kier alpha value is -1.37. The maximum absolute atomic E-state index is 13.7. The van der Waals surface area contributed by atoms with Crippen molar-refractivity contribution >= 4 is 6.16 Å². The summed E-state index contributed by atoms with van der Waals surface area (Å²) in [7, 11) is 0. The minimum atomic E-state index is -5.83.